The van der Waals surface area contributed by atoms with Crippen molar-refractivity contribution in [2.45, 2.75) is 53.4 Å². The van der Waals surface area contributed by atoms with Crippen molar-refractivity contribution in [3.8, 4) is 0 Å². The van der Waals surface area contributed by atoms with Crippen LogP contribution in [-0.2, 0) is 16.0 Å². The Bertz CT molecular complexity index is 512. The Morgan fingerprint density at radius 1 is 1.18 bits per heavy atom. The lowest BCUT2D eigenvalue weighted by Crippen LogP contribution is -2.37. The van der Waals surface area contributed by atoms with Crippen LogP contribution >= 0.6 is 0 Å². The highest BCUT2D eigenvalue weighted by Gasteiger charge is 2.15. The number of nitrogens with one attached hydrogen (secondary N) is 1. The van der Waals surface area contributed by atoms with Crippen molar-refractivity contribution in [3.05, 3.63) is 29.3 Å². The second kappa shape index (κ2) is 9.23. The molecule has 0 aromatic heterocycles. The molecule has 4 nitrogen and oxygen atoms in total. The lowest BCUT2D eigenvalue weighted by atomic mass is 10.1. The summed E-state index contributed by atoms with van der Waals surface area (Å²) in [5.74, 6) is -0.178. The van der Waals surface area contributed by atoms with E-state index in [0.29, 0.717) is 6.54 Å². The lowest BCUT2D eigenvalue weighted by Gasteiger charge is -2.21. The summed E-state index contributed by atoms with van der Waals surface area (Å²) in [4.78, 5) is 25.6. The van der Waals surface area contributed by atoms with Crippen LogP contribution in [0.25, 0.3) is 0 Å². The molecule has 0 unspecified atom stereocenters. The van der Waals surface area contributed by atoms with Crippen LogP contribution in [0.4, 0.5) is 5.69 Å². The molecule has 0 radical (unpaired) electrons. The van der Waals surface area contributed by atoms with Crippen LogP contribution in [0.3, 0.4) is 0 Å². The predicted molar refractivity (Wildman–Crippen MR) is 91.0 cm³/mol. The number of hydrogen-bond acceptors (Lipinski definition) is 2. The van der Waals surface area contributed by atoms with Crippen LogP contribution in [-0.4, -0.2) is 29.8 Å². The van der Waals surface area contributed by atoms with Crippen molar-refractivity contribution in [3.63, 3.8) is 0 Å². The number of carbonyl (C=O) groups is 2. The lowest BCUT2D eigenvalue weighted by molar-refractivity contribution is -0.132. The second-order valence-corrected chi connectivity index (χ2v) is 5.66. The first-order valence-corrected chi connectivity index (χ1v) is 8.13. The van der Waals surface area contributed by atoms with E-state index in [0.717, 1.165) is 42.5 Å². The summed E-state index contributed by atoms with van der Waals surface area (Å²) >= 11 is 0. The molecule has 0 heterocycles. The molecule has 1 N–H and O–H groups in total. The number of amides is 2. The molecule has 0 aliphatic heterocycles. The number of hydrogen-bond donors (Lipinski definition) is 1. The monoisotopic (exact) mass is 304 g/mol. The molecule has 0 spiro atoms. The average molecular weight is 304 g/mol. The molecule has 0 fully saturated rings. The first-order chi connectivity index (χ1) is 10.5. The highest BCUT2D eigenvalue weighted by molar-refractivity contribution is 5.95. The van der Waals surface area contributed by atoms with Crippen LogP contribution in [0.1, 0.15) is 51.2 Å². The number of nitrogens with zero attached hydrogens (tertiary/aromatic N) is 1. The summed E-state index contributed by atoms with van der Waals surface area (Å²) in [7, 11) is 0. The summed E-state index contributed by atoms with van der Waals surface area (Å²) in [6, 6.07) is 6.00. The summed E-state index contributed by atoms with van der Waals surface area (Å²) in [5.41, 5.74) is 3.05. The number of anilines is 1. The second-order valence-electron chi connectivity index (χ2n) is 5.66. The van der Waals surface area contributed by atoms with E-state index in [-0.39, 0.29) is 18.4 Å². The number of unbranched alkanes of at least 4 members (excludes halogenated alkanes) is 2. The van der Waals surface area contributed by atoms with Gasteiger partial charge in [0.15, 0.2) is 0 Å². The van der Waals surface area contributed by atoms with Crippen molar-refractivity contribution in [1.29, 1.82) is 0 Å². The van der Waals surface area contributed by atoms with E-state index in [1.54, 1.807) is 4.90 Å². The molecule has 0 aliphatic rings. The van der Waals surface area contributed by atoms with Gasteiger partial charge in [0, 0.05) is 19.2 Å². The van der Waals surface area contributed by atoms with Gasteiger partial charge in [-0.25, -0.2) is 0 Å². The normalized spacial score (nSPS) is 10.4. The van der Waals surface area contributed by atoms with Crippen LogP contribution in [0, 0.1) is 6.92 Å². The minimum atomic E-state index is -0.129. The Morgan fingerprint density at radius 2 is 1.91 bits per heavy atom. The van der Waals surface area contributed by atoms with Gasteiger partial charge in [0.25, 0.3) is 0 Å². The quantitative estimate of drug-likeness (QED) is 0.747. The Kier molecular flexibility index (Phi) is 7.64. The van der Waals surface area contributed by atoms with Gasteiger partial charge in [-0.15, -0.1) is 0 Å². The molecular formula is C18H28N2O2. The number of aryl methyl sites for hydroxylation is 2. The Morgan fingerprint density at radius 3 is 2.50 bits per heavy atom. The minimum Gasteiger partial charge on any atom is -0.334 e. The van der Waals surface area contributed by atoms with Gasteiger partial charge in [0.05, 0.1) is 6.54 Å². The van der Waals surface area contributed by atoms with Crippen molar-refractivity contribution in [2.75, 3.05) is 18.4 Å². The SMILES string of the molecule is CCCCCN(CC(=O)Nc1c(C)cccc1CC)C(C)=O. The zero-order valence-electron chi connectivity index (χ0n) is 14.2. The molecule has 0 atom stereocenters. The Balaban J connectivity index is 2.69. The molecule has 0 saturated carbocycles. The first kappa shape index (κ1) is 18.2. The maximum atomic E-state index is 12.3. The van der Waals surface area contributed by atoms with Gasteiger partial charge in [-0.05, 0) is 30.9 Å². The third kappa shape index (κ3) is 5.51. The topological polar surface area (TPSA) is 49.4 Å². The Hall–Kier alpha value is -1.84. The van der Waals surface area contributed by atoms with Crippen LogP contribution < -0.4 is 5.32 Å². The molecule has 1 aromatic rings. The molecular weight excluding hydrogens is 276 g/mol. The number of para-hydroxylation sites is 1. The molecule has 1 rings (SSSR count). The van der Waals surface area contributed by atoms with E-state index in [2.05, 4.69) is 19.2 Å². The molecule has 0 bridgehead atoms. The molecule has 0 aliphatic carbocycles. The largest absolute Gasteiger partial charge is 0.334 e. The Labute approximate surface area is 133 Å². The molecule has 0 saturated heterocycles. The van der Waals surface area contributed by atoms with E-state index in [1.807, 2.05) is 25.1 Å². The highest BCUT2D eigenvalue weighted by Crippen LogP contribution is 2.21. The van der Waals surface area contributed by atoms with E-state index >= 15 is 0 Å². The zero-order chi connectivity index (χ0) is 16.5. The summed E-state index contributed by atoms with van der Waals surface area (Å²) < 4.78 is 0. The standard InChI is InChI=1S/C18H28N2O2/c1-5-7-8-12-20(15(4)21)13-17(22)19-18-14(3)10-9-11-16(18)6-2/h9-11H,5-8,12-13H2,1-4H3,(H,19,22). The summed E-state index contributed by atoms with van der Waals surface area (Å²) in [6.07, 6.45) is 3.97. The zero-order valence-corrected chi connectivity index (χ0v) is 14.2. The third-order valence-corrected chi connectivity index (χ3v) is 3.82. The molecule has 2 amide bonds. The van der Waals surface area contributed by atoms with Gasteiger partial charge in [-0.3, -0.25) is 9.59 Å². The predicted octanol–water partition coefficient (Wildman–Crippen LogP) is 3.53. The molecule has 22 heavy (non-hydrogen) atoms. The van der Waals surface area contributed by atoms with E-state index in [1.165, 1.54) is 6.92 Å². The van der Waals surface area contributed by atoms with E-state index in [9.17, 15) is 9.59 Å². The van der Waals surface area contributed by atoms with Crippen molar-refractivity contribution in [2.24, 2.45) is 0 Å². The smallest absolute Gasteiger partial charge is 0.244 e. The molecule has 1 aromatic carbocycles. The van der Waals surface area contributed by atoms with Crippen molar-refractivity contribution in [1.82, 2.24) is 4.90 Å². The maximum Gasteiger partial charge on any atom is 0.244 e. The highest BCUT2D eigenvalue weighted by atomic mass is 16.2. The summed E-state index contributed by atoms with van der Waals surface area (Å²) in [5, 5.41) is 2.97. The maximum absolute atomic E-state index is 12.3. The third-order valence-electron chi connectivity index (χ3n) is 3.82. The van der Waals surface area contributed by atoms with Crippen LogP contribution in [0.15, 0.2) is 18.2 Å². The van der Waals surface area contributed by atoms with Gasteiger partial charge in [0.2, 0.25) is 11.8 Å². The van der Waals surface area contributed by atoms with Gasteiger partial charge < -0.3 is 10.2 Å². The van der Waals surface area contributed by atoms with Crippen LogP contribution in [0.5, 0.6) is 0 Å². The number of carbonyl (C=O) groups excluding carboxylic acids is 2. The van der Waals surface area contributed by atoms with E-state index < -0.39 is 0 Å². The van der Waals surface area contributed by atoms with Crippen molar-refractivity contribution < 1.29 is 9.59 Å². The fourth-order valence-electron chi connectivity index (χ4n) is 2.45. The average Bonchev–Trinajstić information content (AvgIpc) is 2.48. The molecule has 4 heteroatoms. The van der Waals surface area contributed by atoms with Crippen molar-refractivity contribution >= 4 is 17.5 Å². The number of benzene rings is 1. The van der Waals surface area contributed by atoms with Gasteiger partial charge in [0.1, 0.15) is 0 Å². The first-order valence-electron chi connectivity index (χ1n) is 8.13. The van der Waals surface area contributed by atoms with Gasteiger partial charge in [-0.2, -0.15) is 0 Å². The molecule has 122 valence electrons. The fourth-order valence-corrected chi connectivity index (χ4v) is 2.45. The van der Waals surface area contributed by atoms with Gasteiger partial charge in [-0.1, -0.05) is 44.9 Å². The van der Waals surface area contributed by atoms with Gasteiger partial charge >= 0.3 is 0 Å². The fraction of sp³-hybridized carbons (Fsp3) is 0.556. The summed E-state index contributed by atoms with van der Waals surface area (Å²) in [6.45, 7) is 8.46. The van der Waals surface area contributed by atoms with Crippen LogP contribution in [0.2, 0.25) is 0 Å². The minimum absolute atomic E-state index is 0.0493. The number of rotatable bonds is 8. The van der Waals surface area contributed by atoms with E-state index in [4.69, 9.17) is 0 Å².